The first kappa shape index (κ1) is 19.5. The van der Waals surface area contributed by atoms with Gasteiger partial charge in [0.2, 0.25) is 5.91 Å². The van der Waals surface area contributed by atoms with E-state index in [9.17, 15) is 9.59 Å². The third-order valence-corrected chi connectivity index (χ3v) is 4.93. The van der Waals surface area contributed by atoms with Gasteiger partial charge in [0.05, 0.1) is 29.3 Å². The van der Waals surface area contributed by atoms with Crippen LogP contribution in [0, 0.1) is 0 Å². The first-order chi connectivity index (χ1) is 12.0. The minimum absolute atomic E-state index is 0.0623. The van der Waals surface area contributed by atoms with Crippen molar-refractivity contribution in [1.29, 1.82) is 0 Å². The van der Waals surface area contributed by atoms with Crippen molar-refractivity contribution in [1.82, 2.24) is 14.9 Å². The fourth-order valence-electron chi connectivity index (χ4n) is 2.48. The fourth-order valence-corrected chi connectivity index (χ4v) is 3.39. The molecule has 7 heteroatoms. The molecule has 1 aromatic heterocycles. The lowest BCUT2D eigenvalue weighted by Gasteiger charge is -2.19. The number of fused-ring (bicyclic) bond motifs is 1. The molecule has 0 fully saturated rings. The van der Waals surface area contributed by atoms with Gasteiger partial charge < -0.3 is 10.1 Å². The Labute approximate surface area is 152 Å². The summed E-state index contributed by atoms with van der Waals surface area (Å²) >= 11 is 1.28. The van der Waals surface area contributed by atoms with Crippen LogP contribution in [0.5, 0.6) is 0 Å². The predicted octanol–water partition coefficient (Wildman–Crippen LogP) is 2.61. The molecule has 0 spiro atoms. The number of ether oxygens (including phenoxy) is 1. The number of hydrogen-bond acceptors (Lipinski definition) is 5. The summed E-state index contributed by atoms with van der Waals surface area (Å²) in [5.74, 6) is 0.155. The molecule has 25 heavy (non-hydrogen) atoms. The second kappa shape index (κ2) is 9.01. The maximum Gasteiger partial charge on any atom is 0.262 e. The number of rotatable bonds is 8. The molecule has 0 bridgehead atoms. The number of methoxy groups -OCH3 is 1. The highest BCUT2D eigenvalue weighted by Gasteiger charge is 2.17. The summed E-state index contributed by atoms with van der Waals surface area (Å²) in [6.07, 6.45) is 0.875. The Morgan fingerprint density at radius 2 is 2.08 bits per heavy atom. The standard InChI is InChI=1S/C18H25N3O3S/c1-5-12(2)19-16(22)11-25-18-20-15-9-7-6-8-14(15)17(23)21(18)13(3)10-24-4/h6-9,12-13H,5,10-11H2,1-4H3,(H,19,22)/t12-,13+/m0/s1. The topological polar surface area (TPSA) is 73.2 Å². The number of carbonyl (C=O) groups is 1. The molecule has 1 aromatic carbocycles. The second-order valence-corrected chi connectivity index (χ2v) is 7.00. The number of aromatic nitrogens is 2. The maximum atomic E-state index is 12.9. The van der Waals surface area contributed by atoms with Crippen LogP contribution in [0.1, 0.15) is 33.2 Å². The molecule has 2 rings (SSSR count). The van der Waals surface area contributed by atoms with Crippen molar-refractivity contribution < 1.29 is 9.53 Å². The zero-order chi connectivity index (χ0) is 18.4. The number of para-hydroxylation sites is 1. The highest BCUT2D eigenvalue weighted by Crippen LogP contribution is 2.21. The summed E-state index contributed by atoms with van der Waals surface area (Å²) in [7, 11) is 1.60. The van der Waals surface area contributed by atoms with Crippen molar-refractivity contribution in [3.8, 4) is 0 Å². The first-order valence-corrected chi connectivity index (χ1v) is 9.38. The molecular weight excluding hydrogens is 338 g/mol. The van der Waals surface area contributed by atoms with Gasteiger partial charge in [-0.1, -0.05) is 30.8 Å². The van der Waals surface area contributed by atoms with Crippen LogP contribution in [0.25, 0.3) is 10.9 Å². The number of nitrogens with zero attached hydrogens (tertiary/aromatic N) is 2. The monoisotopic (exact) mass is 363 g/mol. The Kier molecular flexibility index (Phi) is 7.01. The zero-order valence-corrected chi connectivity index (χ0v) is 15.9. The Morgan fingerprint density at radius 3 is 2.76 bits per heavy atom. The number of nitrogens with one attached hydrogen (secondary N) is 1. The molecule has 136 valence electrons. The average Bonchev–Trinajstić information content (AvgIpc) is 2.60. The predicted molar refractivity (Wildman–Crippen MR) is 101 cm³/mol. The van der Waals surface area contributed by atoms with Crippen LogP contribution in [0.2, 0.25) is 0 Å². The lowest BCUT2D eigenvalue weighted by Crippen LogP contribution is -2.34. The van der Waals surface area contributed by atoms with Gasteiger partial charge >= 0.3 is 0 Å². The highest BCUT2D eigenvalue weighted by atomic mass is 32.2. The van der Waals surface area contributed by atoms with Gasteiger partial charge in [-0.2, -0.15) is 0 Å². The SMILES string of the molecule is CC[C@H](C)NC(=O)CSc1nc2ccccc2c(=O)n1[C@H](C)COC. The third kappa shape index (κ3) is 4.83. The van der Waals surface area contributed by atoms with E-state index in [1.165, 1.54) is 11.8 Å². The van der Waals surface area contributed by atoms with E-state index in [1.807, 2.05) is 39.0 Å². The van der Waals surface area contributed by atoms with Crippen LogP contribution < -0.4 is 10.9 Å². The van der Waals surface area contributed by atoms with E-state index in [-0.39, 0.29) is 29.3 Å². The number of benzene rings is 1. The Morgan fingerprint density at radius 1 is 1.36 bits per heavy atom. The van der Waals surface area contributed by atoms with E-state index in [0.29, 0.717) is 22.7 Å². The van der Waals surface area contributed by atoms with E-state index in [0.717, 1.165) is 6.42 Å². The lowest BCUT2D eigenvalue weighted by atomic mass is 10.2. The lowest BCUT2D eigenvalue weighted by molar-refractivity contribution is -0.119. The molecule has 0 aliphatic rings. The quantitative estimate of drug-likeness (QED) is 0.576. The number of amides is 1. The van der Waals surface area contributed by atoms with Crippen molar-refractivity contribution in [2.75, 3.05) is 19.5 Å². The van der Waals surface area contributed by atoms with Gasteiger partial charge in [-0.3, -0.25) is 14.2 Å². The molecule has 0 aliphatic carbocycles. The molecular formula is C18H25N3O3S. The third-order valence-electron chi connectivity index (χ3n) is 3.98. The molecule has 0 radical (unpaired) electrons. The van der Waals surface area contributed by atoms with E-state index >= 15 is 0 Å². The molecule has 6 nitrogen and oxygen atoms in total. The van der Waals surface area contributed by atoms with E-state index in [2.05, 4.69) is 10.3 Å². The van der Waals surface area contributed by atoms with Crippen molar-refractivity contribution in [3.05, 3.63) is 34.6 Å². The van der Waals surface area contributed by atoms with Gasteiger partial charge in [-0.25, -0.2) is 4.98 Å². The molecule has 1 N–H and O–H groups in total. The number of thioether (sulfide) groups is 1. The average molecular weight is 363 g/mol. The molecule has 0 aliphatic heterocycles. The minimum Gasteiger partial charge on any atom is -0.383 e. The van der Waals surface area contributed by atoms with Gasteiger partial charge in [0, 0.05) is 13.2 Å². The Hall–Kier alpha value is -1.86. The van der Waals surface area contributed by atoms with Gasteiger partial charge in [0.15, 0.2) is 5.16 Å². The van der Waals surface area contributed by atoms with Gasteiger partial charge in [-0.05, 0) is 32.4 Å². The summed E-state index contributed by atoms with van der Waals surface area (Å²) in [5.41, 5.74) is 0.526. The molecule has 0 saturated carbocycles. The molecule has 0 unspecified atom stereocenters. The molecule has 1 amide bonds. The summed E-state index contributed by atoms with van der Waals surface area (Å²) < 4.78 is 6.81. The van der Waals surface area contributed by atoms with Crippen LogP contribution in [0.4, 0.5) is 0 Å². The first-order valence-electron chi connectivity index (χ1n) is 8.40. The van der Waals surface area contributed by atoms with Crippen LogP contribution in [-0.2, 0) is 9.53 Å². The maximum absolute atomic E-state index is 12.9. The molecule has 1 heterocycles. The number of carbonyl (C=O) groups excluding carboxylic acids is 1. The van der Waals surface area contributed by atoms with E-state index < -0.39 is 0 Å². The second-order valence-electron chi connectivity index (χ2n) is 6.06. The van der Waals surface area contributed by atoms with Crippen molar-refractivity contribution in [3.63, 3.8) is 0 Å². The minimum atomic E-state index is -0.172. The van der Waals surface area contributed by atoms with Crippen molar-refractivity contribution in [2.45, 2.75) is 44.4 Å². The van der Waals surface area contributed by atoms with Crippen molar-refractivity contribution >= 4 is 28.6 Å². The smallest absolute Gasteiger partial charge is 0.262 e. The normalized spacial score (nSPS) is 13.6. The largest absolute Gasteiger partial charge is 0.383 e. The van der Waals surface area contributed by atoms with Crippen LogP contribution >= 0.6 is 11.8 Å². The van der Waals surface area contributed by atoms with E-state index in [1.54, 1.807) is 17.7 Å². The summed E-state index contributed by atoms with van der Waals surface area (Å²) in [5, 5.41) is 4.03. The summed E-state index contributed by atoms with van der Waals surface area (Å²) in [6.45, 7) is 6.29. The van der Waals surface area contributed by atoms with Crippen molar-refractivity contribution in [2.24, 2.45) is 0 Å². The molecule has 2 aromatic rings. The summed E-state index contributed by atoms with van der Waals surface area (Å²) in [4.78, 5) is 29.6. The van der Waals surface area contributed by atoms with Crippen LogP contribution in [-0.4, -0.2) is 41.0 Å². The van der Waals surface area contributed by atoms with Crippen LogP contribution in [0.15, 0.2) is 34.2 Å². The highest BCUT2D eigenvalue weighted by molar-refractivity contribution is 7.99. The van der Waals surface area contributed by atoms with Gasteiger partial charge in [0.25, 0.3) is 5.56 Å². The number of hydrogen-bond donors (Lipinski definition) is 1. The molecule has 0 saturated heterocycles. The van der Waals surface area contributed by atoms with Gasteiger partial charge in [0.1, 0.15) is 0 Å². The van der Waals surface area contributed by atoms with Crippen LogP contribution in [0.3, 0.4) is 0 Å². The Bertz CT molecular complexity index is 791. The zero-order valence-electron chi connectivity index (χ0n) is 15.1. The van der Waals surface area contributed by atoms with E-state index in [4.69, 9.17) is 4.74 Å². The fraction of sp³-hybridized carbons (Fsp3) is 0.500. The van der Waals surface area contributed by atoms with Gasteiger partial charge in [-0.15, -0.1) is 0 Å². The summed E-state index contributed by atoms with van der Waals surface area (Å²) in [6, 6.07) is 7.21. The molecule has 2 atom stereocenters. The Balaban J connectivity index is 2.34.